The molecule has 0 radical (unpaired) electrons. The standard InChI is InChI=1S/C15H23N5O.2ClH/c1-12(17-14(21)9-4-2-3-6-10-16)15-19-18-13-8-5-7-11-20(13)15;;/h5,7-8,11-12H,2-4,6,9-10,16H2,1H3,(H,17,21);2*1H. The quantitative estimate of drug-likeness (QED) is 0.707. The van der Waals surface area contributed by atoms with Gasteiger partial charge in [0, 0.05) is 12.6 Å². The Morgan fingerprint density at radius 2 is 1.96 bits per heavy atom. The van der Waals surface area contributed by atoms with Gasteiger partial charge in [0.05, 0.1) is 6.04 Å². The molecule has 1 atom stereocenters. The van der Waals surface area contributed by atoms with E-state index in [1.54, 1.807) is 0 Å². The van der Waals surface area contributed by atoms with Crippen LogP contribution < -0.4 is 11.1 Å². The second-order valence-corrected chi connectivity index (χ2v) is 5.23. The highest BCUT2D eigenvalue weighted by Crippen LogP contribution is 2.12. The van der Waals surface area contributed by atoms with Gasteiger partial charge in [0.15, 0.2) is 11.5 Å². The Kier molecular flexibility index (Phi) is 10.5. The van der Waals surface area contributed by atoms with Crippen molar-refractivity contribution in [3.8, 4) is 0 Å². The molecule has 0 aliphatic heterocycles. The summed E-state index contributed by atoms with van der Waals surface area (Å²) in [6, 6.07) is 5.58. The number of amides is 1. The number of aromatic nitrogens is 3. The predicted octanol–water partition coefficient (Wildman–Crippen LogP) is 2.66. The fourth-order valence-corrected chi connectivity index (χ4v) is 2.32. The van der Waals surface area contributed by atoms with Crippen molar-refractivity contribution >= 4 is 36.4 Å². The topological polar surface area (TPSA) is 85.3 Å². The molecule has 0 aliphatic rings. The fraction of sp³-hybridized carbons (Fsp3) is 0.533. The second kappa shape index (κ2) is 11.2. The molecular formula is C15H25Cl2N5O. The van der Waals surface area contributed by atoms with Gasteiger partial charge in [0.1, 0.15) is 0 Å². The summed E-state index contributed by atoms with van der Waals surface area (Å²) in [7, 11) is 0. The van der Waals surface area contributed by atoms with Gasteiger partial charge in [-0.3, -0.25) is 9.20 Å². The Bertz CT molecular complexity index is 590. The van der Waals surface area contributed by atoms with Gasteiger partial charge < -0.3 is 11.1 Å². The molecule has 6 nitrogen and oxygen atoms in total. The molecule has 0 spiro atoms. The van der Waals surface area contributed by atoms with Crippen LogP contribution in [0.25, 0.3) is 5.65 Å². The Balaban J connectivity index is 0.00000242. The van der Waals surface area contributed by atoms with E-state index in [4.69, 9.17) is 5.73 Å². The average Bonchev–Trinajstić information content (AvgIpc) is 2.91. The minimum Gasteiger partial charge on any atom is -0.346 e. The summed E-state index contributed by atoms with van der Waals surface area (Å²) >= 11 is 0. The number of unbranched alkanes of at least 4 members (excludes halogenated alkanes) is 3. The number of carbonyl (C=O) groups is 1. The van der Waals surface area contributed by atoms with E-state index in [1.807, 2.05) is 35.7 Å². The van der Waals surface area contributed by atoms with E-state index >= 15 is 0 Å². The van der Waals surface area contributed by atoms with Crippen molar-refractivity contribution in [2.24, 2.45) is 5.73 Å². The largest absolute Gasteiger partial charge is 0.346 e. The van der Waals surface area contributed by atoms with Crippen LogP contribution in [0.3, 0.4) is 0 Å². The van der Waals surface area contributed by atoms with E-state index in [2.05, 4.69) is 15.5 Å². The number of fused-ring (bicyclic) bond motifs is 1. The number of halogens is 2. The molecule has 23 heavy (non-hydrogen) atoms. The minimum atomic E-state index is -0.154. The van der Waals surface area contributed by atoms with Crippen LogP contribution in [0.2, 0.25) is 0 Å². The third-order valence-corrected chi connectivity index (χ3v) is 3.46. The number of rotatable bonds is 8. The Morgan fingerprint density at radius 1 is 1.22 bits per heavy atom. The monoisotopic (exact) mass is 361 g/mol. The van der Waals surface area contributed by atoms with Gasteiger partial charge in [-0.15, -0.1) is 35.0 Å². The first-order chi connectivity index (χ1) is 10.2. The molecule has 3 N–H and O–H groups in total. The highest BCUT2D eigenvalue weighted by molar-refractivity contribution is 5.85. The van der Waals surface area contributed by atoms with Gasteiger partial charge in [-0.05, 0) is 38.4 Å². The molecule has 2 aromatic heterocycles. The molecule has 1 unspecified atom stereocenters. The summed E-state index contributed by atoms with van der Waals surface area (Å²) in [6.45, 7) is 2.65. The first-order valence-corrected chi connectivity index (χ1v) is 7.51. The molecule has 8 heteroatoms. The lowest BCUT2D eigenvalue weighted by molar-refractivity contribution is -0.121. The zero-order valence-electron chi connectivity index (χ0n) is 13.3. The maximum atomic E-state index is 11.9. The summed E-state index contributed by atoms with van der Waals surface area (Å²) in [5.74, 6) is 0.810. The highest BCUT2D eigenvalue weighted by Gasteiger charge is 2.15. The molecule has 0 aliphatic carbocycles. The SMILES string of the molecule is CC(NC(=O)CCCCCCN)c1nnc2ccccn12.Cl.Cl. The number of pyridine rings is 1. The van der Waals surface area contributed by atoms with Gasteiger partial charge in [-0.25, -0.2) is 0 Å². The molecule has 2 rings (SSSR count). The van der Waals surface area contributed by atoms with Crippen molar-refractivity contribution in [1.82, 2.24) is 19.9 Å². The zero-order chi connectivity index (χ0) is 15.1. The molecule has 2 aromatic rings. The van der Waals surface area contributed by atoms with E-state index in [0.29, 0.717) is 6.42 Å². The van der Waals surface area contributed by atoms with E-state index in [0.717, 1.165) is 43.7 Å². The van der Waals surface area contributed by atoms with E-state index in [-0.39, 0.29) is 36.8 Å². The fourth-order valence-electron chi connectivity index (χ4n) is 2.32. The van der Waals surface area contributed by atoms with Crippen LogP contribution >= 0.6 is 24.8 Å². The van der Waals surface area contributed by atoms with Gasteiger partial charge in [0.2, 0.25) is 5.91 Å². The number of nitrogens with zero attached hydrogens (tertiary/aromatic N) is 3. The van der Waals surface area contributed by atoms with Crippen molar-refractivity contribution in [3.05, 3.63) is 30.2 Å². The van der Waals surface area contributed by atoms with Crippen molar-refractivity contribution in [3.63, 3.8) is 0 Å². The van der Waals surface area contributed by atoms with Crippen LogP contribution in [0.4, 0.5) is 0 Å². The minimum absolute atomic E-state index is 0. The summed E-state index contributed by atoms with van der Waals surface area (Å²) in [5.41, 5.74) is 6.23. The van der Waals surface area contributed by atoms with E-state index in [9.17, 15) is 4.79 Å². The summed E-state index contributed by atoms with van der Waals surface area (Å²) < 4.78 is 1.90. The first-order valence-electron chi connectivity index (χ1n) is 7.51. The van der Waals surface area contributed by atoms with Gasteiger partial charge in [-0.1, -0.05) is 18.9 Å². The molecule has 2 heterocycles. The summed E-state index contributed by atoms with van der Waals surface area (Å²) in [4.78, 5) is 11.9. The van der Waals surface area contributed by atoms with Crippen LogP contribution in [0.15, 0.2) is 24.4 Å². The van der Waals surface area contributed by atoms with Crippen molar-refractivity contribution in [2.75, 3.05) is 6.54 Å². The molecular weight excluding hydrogens is 337 g/mol. The Hall–Kier alpha value is -1.37. The van der Waals surface area contributed by atoms with Gasteiger partial charge in [-0.2, -0.15) is 0 Å². The normalized spacial score (nSPS) is 11.4. The third-order valence-electron chi connectivity index (χ3n) is 3.46. The summed E-state index contributed by atoms with van der Waals surface area (Å²) in [6.07, 6.45) is 6.52. The van der Waals surface area contributed by atoms with Crippen molar-refractivity contribution in [2.45, 2.75) is 45.1 Å². The lowest BCUT2D eigenvalue weighted by Crippen LogP contribution is -2.27. The van der Waals surface area contributed by atoms with Crippen LogP contribution in [0, 0.1) is 0 Å². The van der Waals surface area contributed by atoms with E-state index < -0.39 is 0 Å². The number of nitrogens with one attached hydrogen (secondary N) is 1. The molecule has 130 valence electrons. The number of hydrogen-bond acceptors (Lipinski definition) is 4. The molecule has 0 saturated heterocycles. The zero-order valence-corrected chi connectivity index (χ0v) is 14.9. The molecule has 1 amide bonds. The molecule has 0 saturated carbocycles. The maximum absolute atomic E-state index is 11.9. The van der Waals surface area contributed by atoms with Crippen LogP contribution in [-0.4, -0.2) is 27.0 Å². The second-order valence-electron chi connectivity index (χ2n) is 5.23. The van der Waals surface area contributed by atoms with Crippen LogP contribution in [-0.2, 0) is 4.79 Å². The molecule has 0 aromatic carbocycles. The Morgan fingerprint density at radius 3 is 2.70 bits per heavy atom. The lowest BCUT2D eigenvalue weighted by atomic mass is 10.1. The van der Waals surface area contributed by atoms with Crippen molar-refractivity contribution in [1.29, 1.82) is 0 Å². The maximum Gasteiger partial charge on any atom is 0.220 e. The lowest BCUT2D eigenvalue weighted by Gasteiger charge is -2.12. The number of hydrogen-bond donors (Lipinski definition) is 2. The van der Waals surface area contributed by atoms with Gasteiger partial charge in [0.25, 0.3) is 0 Å². The predicted molar refractivity (Wildman–Crippen MR) is 96.2 cm³/mol. The van der Waals surface area contributed by atoms with Crippen LogP contribution in [0.1, 0.15) is 50.9 Å². The van der Waals surface area contributed by atoms with Gasteiger partial charge >= 0.3 is 0 Å². The smallest absolute Gasteiger partial charge is 0.220 e. The van der Waals surface area contributed by atoms with Crippen molar-refractivity contribution < 1.29 is 4.79 Å². The first kappa shape index (κ1) is 21.6. The molecule has 0 fully saturated rings. The molecule has 0 bridgehead atoms. The average molecular weight is 362 g/mol. The highest BCUT2D eigenvalue weighted by atomic mass is 35.5. The van der Waals surface area contributed by atoms with Crippen LogP contribution in [0.5, 0.6) is 0 Å². The number of carbonyl (C=O) groups excluding carboxylic acids is 1. The van der Waals surface area contributed by atoms with E-state index in [1.165, 1.54) is 0 Å². The summed E-state index contributed by atoms with van der Waals surface area (Å²) in [5, 5.41) is 11.2. The number of nitrogens with two attached hydrogens (primary N) is 1. The third kappa shape index (κ3) is 6.33. The Labute approximate surface area is 149 Å².